The van der Waals surface area contributed by atoms with Gasteiger partial charge in [0.2, 0.25) is 0 Å². The SMILES string of the molecule is COC(=O)c1sc2ncnc(N3CCC(COCCN4CCCC4)CC3)c2c1C(C)C. The zero-order chi connectivity index (χ0) is 21.8. The van der Waals surface area contributed by atoms with Gasteiger partial charge in [0.25, 0.3) is 0 Å². The molecule has 2 fully saturated rings. The molecule has 0 amide bonds. The van der Waals surface area contributed by atoms with Crippen molar-refractivity contribution < 1.29 is 14.3 Å². The average Bonchev–Trinajstić information content (AvgIpc) is 3.44. The number of likely N-dealkylation sites (tertiary alicyclic amines) is 1. The number of methoxy groups -OCH3 is 1. The number of fused-ring (bicyclic) bond motifs is 1. The van der Waals surface area contributed by atoms with Crippen molar-refractivity contribution in [1.29, 1.82) is 0 Å². The topological polar surface area (TPSA) is 67.8 Å². The Labute approximate surface area is 188 Å². The standard InChI is InChI=1S/C23H34N4O3S/c1-16(2)18-19-21(24-15-25-22(19)31-20(18)23(28)29-3)27-10-6-17(7-11-27)14-30-13-12-26-8-4-5-9-26/h15-17H,4-14H2,1-3H3. The number of carbonyl (C=O) groups is 1. The van der Waals surface area contributed by atoms with Gasteiger partial charge < -0.3 is 19.3 Å². The number of esters is 1. The maximum absolute atomic E-state index is 12.4. The van der Waals surface area contributed by atoms with Crippen molar-refractivity contribution in [3.8, 4) is 0 Å². The van der Waals surface area contributed by atoms with Gasteiger partial charge in [-0.1, -0.05) is 13.8 Å². The number of piperidine rings is 1. The van der Waals surface area contributed by atoms with Crippen molar-refractivity contribution >= 4 is 33.3 Å². The van der Waals surface area contributed by atoms with Crippen LogP contribution in [0.4, 0.5) is 5.82 Å². The minimum absolute atomic E-state index is 0.189. The molecule has 31 heavy (non-hydrogen) atoms. The first kappa shape index (κ1) is 22.4. The van der Waals surface area contributed by atoms with E-state index in [9.17, 15) is 4.79 Å². The molecule has 8 heteroatoms. The highest BCUT2D eigenvalue weighted by molar-refractivity contribution is 7.20. The minimum atomic E-state index is -0.289. The first-order valence-electron chi connectivity index (χ1n) is 11.5. The molecule has 0 N–H and O–H groups in total. The van der Waals surface area contributed by atoms with Crippen LogP contribution in [0.15, 0.2) is 6.33 Å². The van der Waals surface area contributed by atoms with E-state index in [1.54, 1.807) is 6.33 Å². The Bertz CT molecular complexity index is 886. The van der Waals surface area contributed by atoms with Crippen LogP contribution >= 0.6 is 11.3 Å². The normalized spacial score (nSPS) is 18.4. The number of aromatic nitrogens is 2. The highest BCUT2D eigenvalue weighted by Crippen LogP contribution is 2.40. The minimum Gasteiger partial charge on any atom is -0.465 e. The summed E-state index contributed by atoms with van der Waals surface area (Å²) in [5.74, 6) is 1.45. The summed E-state index contributed by atoms with van der Waals surface area (Å²) in [5, 5.41) is 1.02. The third-order valence-electron chi connectivity index (χ3n) is 6.47. The number of rotatable bonds is 8. The van der Waals surface area contributed by atoms with Crippen molar-refractivity contribution in [2.75, 3.05) is 57.9 Å². The largest absolute Gasteiger partial charge is 0.465 e. The Hall–Kier alpha value is -1.77. The third-order valence-corrected chi connectivity index (χ3v) is 7.57. The van der Waals surface area contributed by atoms with Crippen LogP contribution in [-0.4, -0.2) is 73.9 Å². The Balaban J connectivity index is 1.40. The first-order valence-corrected chi connectivity index (χ1v) is 12.3. The summed E-state index contributed by atoms with van der Waals surface area (Å²) >= 11 is 1.41. The Kier molecular flexibility index (Phi) is 7.40. The van der Waals surface area contributed by atoms with Crippen LogP contribution in [0.1, 0.15) is 60.7 Å². The zero-order valence-corrected chi connectivity index (χ0v) is 19.7. The maximum Gasteiger partial charge on any atom is 0.348 e. The number of nitrogens with zero attached hydrogens (tertiary/aromatic N) is 4. The molecule has 0 atom stereocenters. The fraction of sp³-hybridized carbons (Fsp3) is 0.696. The van der Waals surface area contributed by atoms with Gasteiger partial charge in [-0.25, -0.2) is 14.8 Å². The number of hydrogen-bond acceptors (Lipinski definition) is 8. The summed E-state index contributed by atoms with van der Waals surface area (Å²) in [6.45, 7) is 11.3. The van der Waals surface area contributed by atoms with E-state index in [0.717, 1.165) is 67.3 Å². The highest BCUT2D eigenvalue weighted by atomic mass is 32.1. The lowest BCUT2D eigenvalue weighted by Gasteiger charge is -2.33. The van der Waals surface area contributed by atoms with E-state index < -0.39 is 0 Å². The van der Waals surface area contributed by atoms with Gasteiger partial charge in [0, 0.05) is 26.2 Å². The smallest absolute Gasteiger partial charge is 0.348 e. The molecule has 2 aromatic heterocycles. The van der Waals surface area contributed by atoms with Crippen LogP contribution in [0.2, 0.25) is 0 Å². The summed E-state index contributed by atoms with van der Waals surface area (Å²) in [6.07, 6.45) is 6.48. The summed E-state index contributed by atoms with van der Waals surface area (Å²) in [6, 6.07) is 0. The first-order chi connectivity index (χ1) is 15.1. The van der Waals surface area contributed by atoms with Gasteiger partial charge in [-0.3, -0.25) is 0 Å². The van der Waals surface area contributed by atoms with Crippen molar-refractivity contribution in [3.05, 3.63) is 16.8 Å². The summed E-state index contributed by atoms with van der Waals surface area (Å²) < 4.78 is 11.0. The third kappa shape index (κ3) is 5.02. The lowest BCUT2D eigenvalue weighted by Crippen LogP contribution is -2.36. The van der Waals surface area contributed by atoms with E-state index in [1.165, 1.54) is 44.4 Å². The van der Waals surface area contributed by atoms with Crippen LogP contribution in [0, 0.1) is 5.92 Å². The van der Waals surface area contributed by atoms with Gasteiger partial charge in [-0.2, -0.15) is 0 Å². The Morgan fingerprint density at radius 2 is 1.94 bits per heavy atom. The number of thiophene rings is 1. The van der Waals surface area contributed by atoms with Crippen molar-refractivity contribution in [3.63, 3.8) is 0 Å². The van der Waals surface area contributed by atoms with Gasteiger partial charge >= 0.3 is 5.97 Å². The zero-order valence-electron chi connectivity index (χ0n) is 18.9. The second kappa shape index (κ2) is 10.2. The lowest BCUT2D eigenvalue weighted by molar-refractivity contribution is 0.0605. The Morgan fingerprint density at radius 3 is 2.61 bits per heavy atom. The molecule has 2 saturated heterocycles. The number of anilines is 1. The van der Waals surface area contributed by atoms with Crippen molar-refractivity contribution in [1.82, 2.24) is 14.9 Å². The lowest BCUT2D eigenvalue weighted by atomic mass is 9.96. The van der Waals surface area contributed by atoms with E-state index >= 15 is 0 Å². The molecule has 0 aliphatic carbocycles. The molecular weight excluding hydrogens is 412 g/mol. The molecule has 0 bridgehead atoms. The molecule has 0 spiro atoms. The molecule has 4 heterocycles. The molecule has 170 valence electrons. The van der Waals surface area contributed by atoms with Gasteiger partial charge in [-0.15, -0.1) is 11.3 Å². The summed E-state index contributed by atoms with van der Waals surface area (Å²) in [7, 11) is 1.43. The second-order valence-electron chi connectivity index (χ2n) is 8.92. The average molecular weight is 447 g/mol. The van der Waals surface area contributed by atoms with Crippen LogP contribution < -0.4 is 4.90 Å². The molecule has 2 aliphatic rings. The van der Waals surface area contributed by atoms with E-state index in [0.29, 0.717) is 10.8 Å². The van der Waals surface area contributed by atoms with Gasteiger partial charge in [0.15, 0.2) is 0 Å². The molecule has 7 nitrogen and oxygen atoms in total. The van der Waals surface area contributed by atoms with Gasteiger partial charge in [0.05, 0.1) is 19.1 Å². The molecular formula is C23H34N4O3S. The van der Waals surface area contributed by atoms with Crippen LogP contribution in [-0.2, 0) is 9.47 Å². The maximum atomic E-state index is 12.4. The van der Waals surface area contributed by atoms with Crippen molar-refractivity contribution in [2.24, 2.45) is 5.92 Å². The van der Waals surface area contributed by atoms with Crippen LogP contribution in [0.25, 0.3) is 10.2 Å². The van der Waals surface area contributed by atoms with E-state index in [1.807, 2.05) is 0 Å². The quantitative estimate of drug-likeness (QED) is 0.449. The predicted octanol–water partition coefficient (Wildman–Crippen LogP) is 3.93. The molecule has 0 saturated carbocycles. The molecule has 0 aromatic carbocycles. The van der Waals surface area contributed by atoms with Crippen molar-refractivity contribution in [2.45, 2.75) is 45.4 Å². The molecule has 4 rings (SSSR count). The van der Waals surface area contributed by atoms with Crippen LogP contribution in [0.5, 0.6) is 0 Å². The fourth-order valence-electron chi connectivity index (χ4n) is 4.74. The fourth-order valence-corrected chi connectivity index (χ4v) is 5.95. The number of ether oxygens (including phenoxy) is 2. The monoisotopic (exact) mass is 446 g/mol. The van der Waals surface area contributed by atoms with Crippen LogP contribution in [0.3, 0.4) is 0 Å². The van der Waals surface area contributed by atoms with E-state index in [-0.39, 0.29) is 11.9 Å². The molecule has 2 aliphatic heterocycles. The number of carbonyl (C=O) groups excluding carboxylic acids is 1. The Morgan fingerprint density at radius 1 is 1.19 bits per heavy atom. The van der Waals surface area contributed by atoms with E-state index in [2.05, 4.69) is 33.6 Å². The highest BCUT2D eigenvalue weighted by Gasteiger charge is 2.28. The molecule has 2 aromatic rings. The molecule has 0 unspecified atom stereocenters. The summed E-state index contributed by atoms with van der Waals surface area (Å²) in [5.41, 5.74) is 1.01. The van der Waals surface area contributed by atoms with Gasteiger partial charge in [-0.05, 0) is 56.2 Å². The van der Waals surface area contributed by atoms with E-state index in [4.69, 9.17) is 9.47 Å². The predicted molar refractivity (Wildman–Crippen MR) is 124 cm³/mol. The summed E-state index contributed by atoms with van der Waals surface area (Å²) in [4.78, 5) is 27.8. The van der Waals surface area contributed by atoms with Gasteiger partial charge in [0.1, 0.15) is 21.9 Å². The molecule has 0 radical (unpaired) electrons. The second-order valence-corrected chi connectivity index (χ2v) is 9.92. The number of hydrogen-bond donors (Lipinski definition) is 0.